The van der Waals surface area contributed by atoms with Crippen molar-refractivity contribution in [2.45, 2.75) is 6.54 Å². The van der Waals surface area contributed by atoms with Crippen LogP contribution in [0.3, 0.4) is 0 Å². The van der Waals surface area contributed by atoms with Crippen LogP contribution in [0.25, 0.3) is 33.2 Å². The number of allylic oxidation sites excluding steroid dienone is 4. The molecule has 1 heterocycles. The maximum absolute atomic E-state index is 4.99. The molecule has 0 bridgehead atoms. The molecule has 1 aromatic heterocycles. The van der Waals surface area contributed by atoms with Crippen molar-refractivity contribution in [3.8, 4) is 11.4 Å². The number of benzene rings is 3. The molecule has 0 amide bonds. The Balaban J connectivity index is 1.77. The normalized spacial score (nSPS) is 14.1. The summed E-state index contributed by atoms with van der Waals surface area (Å²) in [5.41, 5.74) is 3.44. The van der Waals surface area contributed by atoms with E-state index in [0.717, 1.165) is 17.9 Å². The van der Waals surface area contributed by atoms with Crippen molar-refractivity contribution in [1.29, 1.82) is 0 Å². The number of hydrogen-bond acceptors (Lipinski definition) is 1. The van der Waals surface area contributed by atoms with Gasteiger partial charge in [0.2, 0.25) is 0 Å². The summed E-state index contributed by atoms with van der Waals surface area (Å²) in [6.07, 6.45) is 8.76. The van der Waals surface area contributed by atoms with Gasteiger partial charge in [-0.2, -0.15) is 0 Å². The number of hydrogen-bond donors (Lipinski definition) is 0. The molecule has 0 spiro atoms. The van der Waals surface area contributed by atoms with Crippen molar-refractivity contribution in [1.82, 2.24) is 9.55 Å². The highest BCUT2D eigenvalue weighted by Gasteiger charge is 2.16. The smallest absolute Gasteiger partial charge is 0.141 e. The third kappa shape index (κ3) is 2.38. The van der Waals surface area contributed by atoms with Gasteiger partial charge in [0.1, 0.15) is 5.82 Å². The van der Waals surface area contributed by atoms with Crippen molar-refractivity contribution >= 4 is 21.8 Å². The zero-order valence-corrected chi connectivity index (χ0v) is 13.8. The monoisotopic (exact) mass is 322 g/mol. The van der Waals surface area contributed by atoms with Gasteiger partial charge in [-0.25, -0.2) is 4.98 Å². The van der Waals surface area contributed by atoms with Crippen molar-refractivity contribution < 1.29 is 0 Å². The summed E-state index contributed by atoms with van der Waals surface area (Å²) in [5, 5.41) is 2.50. The average Bonchev–Trinajstić information content (AvgIpc) is 3.30. The van der Waals surface area contributed by atoms with Gasteiger partial charge in [-0.1, -0.05) is 78.9 Å². The van der Waals surface area contributed by atoms with Crippen LogP contribution >= 0.6 is 0 Å². The van der Waals surface area contributed by atoms with Crippen molar-refractivity contribution in [3.63, 3.8) is 0 Å². The van der Waals surface area contributed by atoms with Gasteiger partial charge >= 0.3 is 0 Å². The molecular weight excluding hydrogens is 304 g/mol. The SMILES string of the molecule is C1=CC(Cn2c(-c3cccc4ccccc34)nc3ccccc32)C=C1. The predicted octanol–water partition coefficient (Wildman–Crippen LogP) is 5.60. The summed E-state index contributed by atoms with van der Waals surface area (Å²) in [6, 6.07) is 23.4. The minimum atomic E-state index is 0.423. The van der Waals surface area contributed by atoms with Gasteiger partial charge in [-0.15, -0.1) is 0 Å². The second-order valence-electron chi connectivity index (χ2n) is 6.50. The molecule has 0 saturated carbocycles. The van der Waals surface area contributed by atoms with E-state index in [2.05, 4.69) is 95.6 Å². The molecule has 0 atom stereocenters. The molecule has 4 aromatic rings. The summed E-state index contributed by atoms with van der Waals surface area (Å²) in [4.78, 5) is 4.99. The van der Waals surface area contributed by atoms with Gasteiger partial charge < -0.3 is 4.57 Å². The van der Waals surface area contributed by atoms with Crippen LogP contribution in [0.2, 0.25) is 0 Å². The predicted molar refractivity (Wildman–Crippen MR) is 104 cm³/mol. The van der Waals surface area contributed by atoms with Crippen LogP contribution in [-0.2, 0) is 6.54 Å². The summed E-state index contributed by atoms with van der Waals surface area (Å²) in [5.74, 6) is 1.47. The maximum atomic E-state index is 4.99. The zero-order chi connectivity index (χ0) is 16.6. The topological polar surface area (TPSA) is 17.8 Å². The van der Waals surface area contributed by atoms with Gasteiger partial charge in [0, 0.05) is 18.0 Å². The molecule has 5 rings (SSSR count). The Labute approximate surface area is 146 Å². The minimum absolute atomic E-state index is 0.423. The molecular formula is C23H18N2. The van der Waals surface area contributed by atoms with E-state index in [4.69, 9.17) is 4.98 Å². The van der Waals surface area contributed by atoms with Crippen LogP contribution in [0.1, 0.15) is 0 Å². The van der Waals surface area contributed by atoms with Crippen LogP contribution in [0.15, 0.2) is 91.0 Å². The third-order valence-corrected chi connectivity index (χ3v) is 4.91. The standard InChI is InChI=1S/C23H18N2/c1-2-9-17(8-1)16-25-22-15-6-5-14-21(22)24-23(25)20-13-7-11-18-10-3-4-12-19(18)20/h1-15,17H,16H2. The molecule has 2 nitrogen and oxygen atoms in total. The lowest BCUT2D eigenvalue weighted by atomic mass is 10.0. The van der Waals surface area contributed by atoms with Crippen LogP contribution in [-0.4, -0.2) is 9.55 Å². The minimum Gasteiger partial charge on any atom is -0.323 e. The fraction of sp³-hybridized carbons (Fsp3) is 0.0870. The number of rotatable bonds is 3. The highest BCUT2D eigenvalue weighted by atomic mass is 15.1. The Kier molecular flexibility index (Phi) is 3.27. The van der Waals surface area contributed by atoms with Crippen molar-refractivity contribution in [3.05, 3.63) is 91.0 Å². The Hall–Kier alpha value is -3.13. The third-order valence-electron chi connectivity index (χ3n) is 4.91. The number of nitrogens with zero attached hydrogens (tertiary/aromatic N) is 2. The molecule has 1 aliphatic rings. The fourth-order valence-electron chi connectivity index (χ4n) is 3.70. The Morgan fingerprint density at radius 3 is 2.48 bits per heavy atom. The average molecular weight is 322 g/mol. The lowest BCUT2D eigenvalue weighted by molar-refractivity contribution is 0.640. The van der Waals surface area contributed by atoms with Crippen molar-refractivity contribution in [2.75, 3.05) is 0 Å². The molecule has 0 saturated heterocycles. The first-order valence-corrected chi connectivity index (χ1v) is 8.68. The van der Waals surface area contributed by atoms with Crippen LogP contribution in [0.5, 0.6) is 0 Å². The molecule has 3 aromatic carbocycles. The van der Waals surface area contributed by atoms with E-state index in [9.17, 15) is 0 Å². The quantitative estimate of drug-likeness (QED) is 0.480. The first kappa shape index (κ1) is 14.2. The Morgan fingerprint density at radius 2 is 1.56 bits per heavy atom. The van der Waals surface area contributed by atoms with Gasteiger partial charge in [0.25, 0.3) is 0 Å². The fourth-order valence-corrected chi connectivity index (χ4v) is 3.70. The maximum Gasteiger partial charge on any atom is 0.141 e. The molecule has 1 aliphatic carbocycles. The first-order chi connectivity index (χ1) is 12.4. The highest BCUT2D eigenvalue weighted by molar-refractivity contribution is 5.96. The number of para-hydroxylation sites is 2. The number of fused-ring (bicyclic) bond motifs is 2. The number of aromatic nitrogens is 2. The molecule has 0 aliphatic heterocycles. The molecule has 25 heavy (non-hydrogen) atoms. The van der Waals surface area contributed by atoms with Crippen LogP contribution in [0, 0.1) is 5.92 Å². The molecule has 0 fully saturated rings. The highest BCUT2D eigenvalue weighted by Crippen LogP contribution is 2.32. The lowest BCUT2D eigenvalue weighted by Gasteiger charge is -2.13. The summed E-state index contributed by atoms with van der Waals surface area (Å²) in [6.45, 7) is 0.909. The van der Waals surface area contributed by atoms with E-state index < -0.39 is 0 Å². The lowest BCUT2D eigenvalue weighted by Crippen LogP contribution is -2.07. The molecule has 2 heteroatoms. The van der Waals surface area contributed by atoms with Crippen LogP contribution in [0.4, 0.5) is 0 Å². The number of imidazole rings is 1. The van der Waals surface area contributed by atoms with E-state index in [1.54, 1.807) is 0 Å². The van der Waals surface area contributed by atoms with E-state index in [1.807, 2.05) is 0 Å². The summed E-state index contributed by atoms with van der Waals surface area (Å²) in [7, 11) is 0. The molecule has 0 N–H and O–H groups in total. The molecule has 120 valence electrons. The van der Waals surface area contributed by atoms with E-state index in [1.165, 1.54) is 21.9 Å². The Bertz CT molecular complexity index is 1110. The first-order valence-electron chi connectivity index (χ1n) is 8.68. The molecule has 0 unspecified atom stereocenters. The Morgan fingerprint density at radius 1 is 0.800 bits per heavy atom. The van der Waals surface area contributed by atoms with E-state index in [-0.39, 0.29) is 0 Å². The van der Waals surface area contributed by atoms with Gasteiger partial charge in [0.15, 0.2) is 0 Å². The zero-order valence-electron chi connectivity index (χ0n) is 13.8. The molecule has 0 radical (unpaired) electrons. The van der Waals surface area contributed by atoms with Crippen molar-refractivity contribution in [2.24, 2.45) is 5.92 Å². The largest absolute Gasteiger partial charge is 0.323 e. The second-order valence-corrected chi connectivity index (χ2v) is 6.50. The summed E-state index contributed by atoms with van der Waals surface area (Å²) >= 11 is 0. The van der Waals surface area contributed by atoms with E-state index >= 15 is 0 Å². The van der Waals surface area contributed by atoms with Gasteiger partial charge in [-0.05, 0) is 22.9 Å². The van der Waals surface area contributed by atoms with E-state index in [0.29, 0.717) is 5.92 Å². The van der Waals surface area contributed by atoms with Gasteiger partial charge in [-0.3, -0.25) is 0 Å². The van der Waals surface area contributed by atoms with Crippen LogP contribution < -0.4 is 0 Å². The summed E-state index contributed by atoms with van der Waals surface area (Å²) < 4.78 is 2.36. The van der Waals surface area contributed by atoms with Gasteiger partial charge in [0.05, 0.1) is 11.0 Å². The second kappa shape index (κ2) is 5.75.